The number of amides is 1. The predicted molar refractivity (Wildman–Crippen MR) is 113 cm³/mol. The molecule has 2 aromatic carbocycles. The molecule has 3 aromatic rings. The van der Waals surface area contributed by atoms with Gasteiger partial charge in [-0.1, -0.05) is 11.9 Å². The van der Waals surface area contributed by atoms with Crippen LogP contribution in [-0.2, 0) is 4.79 Å². The lowest BCUT2D eigenvalue weighted by Gasteiger charge is -2.36. The van der Waals surface area contributed by atoms with E-state index in [9.17, 15) is 18.0 Å². The molecule has 8 heteroatoms. The topological polar surface area (TPSA) is 70.9 Å². The average Bonchev–Trinajstić information content (AvgIpc) is 3.04. The van der Waals surface area contributed by atoms with Gasteiger partial charge in [-0.05, 0) is 66.6 Å². The maximum Gasteiger partial charge on any atom is 0.220 e. The Balaban J connectivity index is 1.60. The molecule has 1 fully saturated rings. The lowest BCUT2D eigenvalue weighted by molar-refractivity contribution is -0.122. The van der Waals surface area contributed by atoms with E-state index < -0.39 is 11.6 Å². The third kappa shape index (κ3) is 4.20. The first-order valence-electron chi connectivity index (χ1n) is 9.84. The van der Waals surface area contributed by atoms with Crippen LogP contribution >= 0.6 is 11.9 Å². The maximum atomic E-state index is 14.4. The third-order valence-corrected chi connectivity index (χ3v) is 6.10. The fraction of sp³-hybridized carbons (Fsp3) is 0.318. The molecule has 4 nitrogen and oxygen atoms in total. The zero-order valence-corrected chi connectivity index (χ0v) is 17.0. The number of halogens is 3. The minimum Gasteiger partial charge on any atom is -0.353 e. The molecule has 4 N–H and O–H groups in total. The van der Waals surface area contributed by atoms with Crippen molar-refractivity contribution in [3.05, 3.63) is 59.4 Å². The second kappa shape index (κ2) is 8.73. The normalized spacial score (nSPS) is 18.4. The zero-order chi connectivity index (χ0) is 21.3. The first-order chi connectivity index (χ1) is 14.5. The van der Waals surface area contributed by atoms with Gasteiger partial charge in [-0.2, -0.15) is 0 Å². The first-order valence-corrected chi connectivity index (χ1v) is 10.9. The van der Waals surface area contributed by atoms with Crippen LogP contribution in [0.25, 0.3) is 22.2 Å². The molecule has 0 aliphatic heterocycles. The van der Waals surface area contributed by atoms with Crippen molar-refractivity contribution in [3.8, 4) is 11.3 Å². The van der Waals surface area contributed by atoms with Crippen LogP contribution in [0.1, 0.15) is 37.2 Å². The summed E-state index contributed by atoms with van der Waals surface area (Å²) in [5.74, 6) is -0.927. The highest BCUT2D eigenvalue weighted by Crippen LogP contribution is 2.45. The molecular weight excluding hydrogens is 411 g/mol. The Bertz CT molecular complexity index is 1060. The van der Waals surface area contributed by atoms with Gasteiger partial charge in [0, 0.05) is 29.7 Å². The number of benzene rings is 2. The number of rotatable bonds is 7. The van der Waals surface area contributed by atoms with E-state index in [1.807, 2.05) is 0 Å². The quantitative estimate of drug-likeness (QED) is 0.363. The van der Waals surface area contributed by atoms with Gasteiger partial charge in [-0.3, -0.25) is 9.93 Å². The second-order valence-corrected chi connectivity index (χ2v) is 8.38. The first kappa shape index (κ1) is 20.8. The highest BCUT2D eigenvalue weighted by atomic mass is 32.2. The standard InChI is InChI=1S/C22H22F3N3OS/c23-14-5-3-12(4-6-14)21-20(17-10-15(24)11-18(25)22(17)28-21)13-8-16(9-13)27-19(29)2-1-7-30-26/h3-6,10-11,13,16,28H,1-2,7-9,26H2,(H,27,29). The molecule has 1 amide bonds. The summed E-state index contributed by atoms with van der Waals surface area (Å²) in [7, 11) is 0. The lowest BCUT2D eigenvalue weighted by Crippen LogP contribution is -2.43. The van der Waals surface area contributed by atoms with Crippen LogP contribution in [0.4, 0.5) is 13.2 Å². The third-order valence-electron chi connectivity index (χ3n) is 5.57. The minimum absolute atomic E-state index is 0.0118. The fourth-order valence-corrected chi connectivity index (χ4v) is 4.41. The number of aromatic amines is 1. The SMILES string of the molecule is NSCCCC(=O)NC1CC(c2c(-c3ccc(F)cc3)[nH]c3c(F)cc(F)cc23)C1. The van der Waals surface area contributed by atoms with Crippen molar-refractivity contribution in [1.82, 2.24) is 10.3 Å². The molecule has 0 saturated heterocycles. The fourth-order valence-electron chi connectivity index (χ4n) is 4.10. The van der Waals surface area contributed by atoms with Crippen LogP contribution in [0.15, 0.2) is 36.4 Å². The van der Waals surface area contributed by atoms with Gasteiger partial charge in [0.05, 0.1) is 11.2 Å². The Hall–Kier alpha value is -2.45. The summed E-state index contributed by atoms with van der Waals surface area (Å²) in [5.41, 5.74) is 2.40. The van der Waals surface area contributed by atoms with Crippen molar-refractivity contribution in [1.29, 1.82) is 0 Å². The Labute approximate surface area is 176 Å². The monoisotopic (exact) mass is 433 g/mol. The minimum atomic E-state index is -0.665. The molecule has 0 radical (unpaired) electrons. The Morgan fingerprint density at radius 3 is 2.57 bits per heavy atom. The molecule has 1 aliphatic rings. The molecule has 0 spiro atoms. The van der Waals surface area contributed by atoms with E-state index in [4.69, 9.17) is 5.14 Å². The number of aromatic nitrogens is 1. The molecule has 0 unspecified atom stereocenters. The average molecular weight is 433 g/mol. The Kier molecular flexibility index (Phi) is 6.06. The van der Waals surface area contributed by atoms with Crippen LogP contribution in [-0.4, -0.2) is 22.7 Å². The van der Waals surface area contributed by atoms with Crippen molar-refractivity contribution in [3.63, 3.8) is 0 Å². The van der Waals surface area contributed by atoms with Gasteiger partial charge in [-0.25, -0.2) is 13.2 Å². The van der Waals surface area contributed by atoms with Gasteiger partial charge in [0.1, 0.15) is 17.5 Å². The summed E-state index contributed by atoms with van der Waals surface area (Å²) >= 11 is 1.22. The van der Waals surface area contributed by atoms with Gasteiger partial charge in [0.2, 0.25) is 5.91 Å². The smallest absolute Gasteiger partial charge is 0.220 e. The van der Waals surface area contributed by atoms with Gasteiger partial charge in [0.25, 0.3) is 0 Å². The number of nitrogens with two attached hydrogens (primary N) is 1. The highest BCUT2D eigenvalue weighted by Gasteiger charge is 2.35. The van der Waals surface area contributed by atoms with Crippen LogP contribution in [0.3, 0.4) is 0 Å². The van der Waals surface area contributed by atoms with Crippen LogP contribution in [0.2, 0.25) is 0 Å². The molecule has 4 rings (SSSR count). The van der Waals surface area contributed by atoms with Crippen molar-refractivity contribution in [2.24, 2.45) is 5.14 Å². The number of carbonyl (C=O) groups excluding carboxylic acids is 1. The Morgan fingerprint density at radius 2 is 1.87 bits per heavy atom. The van der Waals surface area contributed by atoms with Crippen LogP contribution in [0, 0.1) is 17.5 Å². The molecule has 0 atom stereocenters. The molecule has 1 heterocycles. The summed E-state index contributed by atoms with van der Waals surface area (Å²) < 4.78 is 41.7. The van der Waals surface area contributed by atoms with E-state index >= 15 is 0 Å². The molecule has 158 valence electrons. The summed E-state index contributed by atoms with van der Waals surface area (Å²) in [6, 6.07) is 8.11. The number of H-pyrrole nitrogens is 1. The van der Waals surface area contributed by atoms with E-state index in [2.05, 4.69) is 10.3 Å². The number of fused-ring (bicyclic) bond motifs is 1. The summed E-state index contributed by atoms with van der Waals surface area (Å²) in [6.45, 7) is 0. The molecular formula is C22H22F3N3OS. The van der Waals surface area contributed by atoms with Crippen molar-refractivity contribution >= 4 is 28.8 Å². The van der Waals surface area contributed by atoms with E-state index in [-0.39, 0.29) is 29.2 Å². The van der Waals surface area contributed by atoms with Crippen LogP contribution < -0.4 is 10.5 Å². The summed E-state index contributed by atoms with van der Waals surface area (Å²) in [5, 5.41) is 8.87. The lowest BCUT2D eigenvalue weighted by atomic mass is 9.74. The summed E-state index contributed by atoms with van der Waals surface area (Å²) in [4.78, 5) is 15.1. The number of nitrogens with one attached hydrogen (secondary N) is 2. The summed E-state index contributed by atoms with van der Waals surface area (Å²) in [6.07, 6.45) is 2.50. The van der Waals surface area contributed by atoms with E-state index in [0.717, 1.165) is 23.8 Å². The van der Waals surface area contributed by atoms with Gasteiger partial charge >= 0.3 is 0 Å². The van der Waals surface area contributed by atoms with E-state index in [1.165, 1.54) is 30.1 Å². The van der Waals surface area contributed by atoms with Gasteiger partial charge < -0.3 is 10.3 Å². The highest BCUT2D eigenvalue weighted by molar-refractivity contribution is 7.97. The largest absolute Gasteiger partial charge is 0.353 e. The van der Waals surface area contributed by atoms with Crippen LogP contribution in [0.5, 0.6) is 0 Å². The van der Waals surface area contributed by atoms with Crippen molar-refractivity contribution < 1.29 is 18.0 Å². The van der Waals surface area contributed by atoms with E-state index in [0.29, 0.717) is 35.9 Å². The Morgan fingerprint density at radius 1 is 1.13 bits per heavy atom. The predicted octanol–water partition coefficient (Wildman–Crippen LogP) is 5.00. The van der Waals surface area contributed by atoms with E-state index in [1.54, 1.807) is 12.1 Å². The number of carbonyl (C=O) groups is 1. The number of hydrogen-bond acceptors (Lipinski definition) is 3. The molecule has 1 aliphatic carbocycles. The molecule has 1 saturated carbocycles. The molecule has 0 bridgehead atoms. The number of hydrogen-bond donors (Lipinski definition) is 3. The second-order valence-electron chi connectivity index (χ2n) is 7.64. The van der Waals surface area contributed by atoms with Crippen molar-refractivity contribution in [2.75, 3.05) is 5.75 Å². The maximum absolute atomic E-state index is 14.4. The van der Waals surface area contributed by atoms with Crippen molar-refractivity contribution in [2.45, 2.75) is 37.6 Å². The molecule has 30 heavy (non-hydrogen) atoms. The zero-order valence-electron chi connectivity index (χ0n) is 16.2. The van der Waals surface area contributed by atoms with Gasteiger partial charge in [0.15, 0.2) is 0 Å². The molecule has 1 aromatic heterocycles. The van der Waals surface area contributed by atoms with Gasteiger partial charge in [-0.15, -0.1) is 0 Å².